The van der Waals surface area contributed by atoms with Gasteiger partial charge in [0.15, 0.2) is 0 Å². The zero-order valence-corrected chi connectivity index (χ0v) is 14.6. The molecule has 6 nitrogen and oxygen atoms in total. The van der Waals surface area contributed by atoms with E-state index in [0.29, 0.717) is 12.4 Å². The molecular weight excluding hydrogens is 312 g/mol. The van der Waals surface area contributed by atoms with Crippen LogP contribution >= 0.6 is 0 Å². The molecular formula is C16H22N4O2S. The molecule has 0 spiro atoms. The maximum atomic E-state index is 12.6. The molecule has 0 saturated heterocycles. The molecule has 1 aromatic carbocycles. The molecule has 1 heterocycles. The summed E-state index contributed by atoms with van der Waals surface area (Å²) < 4.78 is 26.5. The highest BCUT2D eigenvalue weighted by Gasteiger charge is 2.23. The van der Waals surface area contributed by atoms with Crippen LogP contribution in [0.25, 0.3) is 0 Å². The van der Waals surface area contributed by atoms with E-state index < -0.39 is 10.0 Å². The number of benzene rings is 1. The first-order valence-electron chi connectivity index (χ1n) is 7.41. The zero-order valence-electron chi connectivity index (χ0n) is 13.8. The number of hydrogen-bond donors (Lipinski definition) is 1. The van der Waals surface area contributed by atoms with Gasteiger partial charge in [0.05, 0.1) is 11.4 Å². The number of hydrogen-bond acceptors (Lipinski definition) is 5. The lowest BCUT2D eigenvalue weighted by molar-refractivity contribution is 0.410. The Labute approximate surface area is 137 Å². The van der Waals surface area contributed by atoms with Gasteiger partial charge in [-0.1, -0.05) is 6.07 Å². The summed E-state index contributed by atoms with van der Waals surface area (Å²) in [5.41, 5.74) is 1.72. The number of rotatable bonds is 6. The molecule has 0 radical (unpaired) electrons. The van der Waals surface area contributed by atoms with Crippen molar-refractivity contribution in [3.05, 3.63) is 48.0 Å². The molecule has 2 rings (SSSR count). The fourth-order valence-corrected chi connectivity index (χ4v) is 3.39. The minimum absolute atomic E-state index is 0.101. The fourth-order valence-electron chi connectivity index (χ4n) is 1.99. The van der Waals surface area contributed by atoms with Crippen molar-refractivity contribution in [2.45, 2.75) is 38.3 Å². The van der Waals surface area contributed by atoms with E-state index in [0.717, 1.165) is 11.3 Å². The molecule has 0 unspecified atom stereocenters. The van der Waals surface area contributed by atoms with E-state index in [1.54, 1.807) is 43.7 Å². The van der Waals surface area contributed by atoms with Crippen molar-refractivity contribution < 1.29 is 8.42 Å². The van der Waals surface area contributed by atoms with Crippen molar-refractivity contribution in [1.29, 1.82) is 0 Å². The zero-order chi connectivity index (χ0) is 17.0. The standard InChI is InChI=1S/C16H22N4O2S/c1-12(2)20(4)23(21,22)14-7-6-13(3)15(10-14)19-11-16-17-8-5-9-18-16/h5-10,12,19H,11H2,1-4H3. The molecule has 1 N–H and O–H groups in total. The van der Waals surface area contributed by atoms with Crippen LogP contribution in [0.3, 0.4) is 0 Å². The first kappa shape index (κ1) is 17.4. The van der Waals surface area contributed by atoms with Gasteiger partial charge in [0.2, 0.25) is 10.0 Å². The van der Waals surface area contributed by atoms with Gasteiger partial charge in [-0.05, 0) is 44.5 Å². The monoisotopic (exact) mass is 334 g/mol. The van der Waals surface area contributed by atoms with Crippen LogP contribution in [0.4, 0.5) is 5.69 Å². The normalized spacial score (nSPS) is 11.9. The number of aromatic nitrogens is 2. The van der Waals surface area contributed by atoms with Crippen LogP contribution in [0.15, 0.2) is 41.6 Å². The van der Waals surface area contributed by atoms with Gasteiger partial charge >= 0.3 is 0 Å². The topological polar surface area (TPSA) is 75.2 Å². The highest BCUT2D eigenvalue weighted by Crippen LogP contribution is 2.23. The van der Waals surface area contributed by atoms with Crippen molar-refractivity contribution in [3.63, 3.8) is 0 Å². The molecule has 124 valence electrons. The van der Waals surface area contributed by atoms with Crippen LogP contribution in [0, 0.1) is 6.92 Å². The van der Waals surface area contributed by atoms with Gasteiger partial charge < -0.3 is 5.32 Å². The summed E-state index contributed by atoms with van der Waals surface area (Å²) in [6, 6.07) is 6.74. The van der Waals surface area contributed by atoms with Crippen LogP contribution in [0.2, 0.25) is 0 Å². The van der Waals surface area contributed by atoms with Gasteiger partial charge in [-0.2, -0.15) is 4.31 Å². The van der Waals surface area contributed by atoms with Crippen molar-refractivity contribution in [2.24, 2.45) is 0 Å². The Morgan fingerprint density at radius 2 is 1.87 bits per heavy atom. The molecule has 0 bridgehead atoms. The number of anilines is 1. The molecule has 0 fully saturated rings. The van der Waals surface area contributed by atoms with E-state index in [9.17, 15) is 8.42 Å². The molecule has 1 aromatic heterocycles. The van der Waals surface area contributed by atoms with Gasteiger partial charge in [-0.15, -0.1) is 0 Å². The molecule has 0 aliphatic rings. The molecule has 0 amide bonds. The number of nitrogens with zero attached hydrogens (tertiary/aromatic N) is 3. The second-order valence-electron chi connectivity index (χ2n) is 5.61. The van der Waals surface area contributed by atoms with E-state index in [4.69, 9.17) is 0 Å². The number of sulfonamides is 1. The summed E-state index contributed by atoms with van der Waals surface area (Å²) in [5, 5.41) is 3.20. The summed E-state index contributed by atoms with van der Waals surface area (Å²) in [7, 11) is -1.91. The Hall–Kier alpha value is -1.99. The van der Waals surface area contributed by atoms with Crippen molar-refractivity contribution >= 4 is 15.7 Å². The second-order valence-corrected chi connectivity index (χ2v) is 7.61. The third kappa shape index (κ3) is 4.05. The quantitative estimate of drug-likeness (QED) is 0.878. The number of aryl methyl sites for hydroxylation is 1. The third-order valence-corrected chi connectivity index (χ3v) is 5.70. The predicted octanol–water partition coefficient (Wildman–Crippen LogP) is 2.43. The van der Waals surface area contributed by atoms with Crippen molar-refractivity contribution in [3.8, 4) is 0 Å². The van der Waals surface area contributed by atoms with Crippen LogP contribution in [0.1, 0.15) is 25.2 Å². The van der Waals surface area contributed by atoms with Crippen molar-refractivity contribution in [2.75, 3.05) is 12.4 Å². The molecule has 2 aromatic rings. The average Bonchev–Trinajstić information content (AvgIpc) is 2.54. The van der Waals surface area contributed by atoms with Gasteiger partial charge in [0, 0.05) is 31.2 Å². The van der Waals surface area contributed by atoms with Gasteiger partial charge in [-0.3, -0.25) is 0 Å². The average molecular weight is 334 g/mol. The molecule has 0 aliphatic carbocycles. The minimum atomic E-state index is -3.50. The molecule has 23 heavy (non-hydrogen) atoms. The largest absolute Gasteiger partial charge is 0.377 e. The minimum Gasteiger partial charge on any atom is -0.377 e. The Morgan fingerprint density at radius 3 is 2.48 bits per heavy atom. The maximum absolute atomic E-state index is 12.6. The molecule has 0 aliphatic heterocycles. The summed E-state index contributed by atoms with van der Waals surface area (Å²) in [5.74, 6) is 0.652. The first-order valence-corrected chi connectivity index (χ1v) is 8.85. The Morgan fingerprint density at radius 1 is 1.22 bits per heavy atom. The fraction of sp³-hybridized carbons (Fsp3) is 0.375. The SMILES string of the molecule is Cc1ccc(S(=O)(=O)N(C)C(C)C)cc1NCc1ncccn1. The molecule has 7 heteroatoms. The lowest BCUT2D eigenvalue weighted by Crippen LogP contribution is -2.33. The maximum Gasteiger partial charge on any atom is 0.243 e. The summed E-state index contributed by atoms with van der Waals surface area (Å²) in [6.07, 6.45) is 3.35. The van der Waals surface area contributed by atoms with Crippen LogP contribution in [-0.2, 0) is 16.6 Å². The van der Waals surface area contributed by atoms with Crippen molar-refractivity contribution in [1.82, 2.24) is 14.3 Å². The lowest BCUT2D eigenvalue weighted by atomic mass is 10.2. The summed E-state index contributed by atoms with van der Waals surface area (Å²) in [4.78, 5) is 8.57. The van der Waals surface area contributed by atoms with E-state index in [2.05, 4.69) is 15.3 Å². The van der Waals surface area contributed by atoms with Gasteiger partial charge in [0.1, 0.15) is 5.82 Å². The second kappa shape index (κ2) is 7.06. The summed E-state index contributed by atoms with van der Waals surface area (Å²) >= 11 is 0. The smallest absolute Gasteiger partial charge is 0.243 e. The highest BCUT2D eigenvalue weighted by atomic mass is 32.2. The first-order chi connectivity index (χ1) is 10.8. The Balaban J connectivity index is 2.25. The Bertz CT molecular complexity index is 761. The summed E-state index contributed by atoms with van der Waals surface area (Å²) in [6.45, 7) is 6.05. The highest BCUT2D eigenvalue weighted by molar-refractivity contribution is 7.89. The van der Waals surface area contributed by atoms with Gasteiger partial charge in [0.25, 0.3) is 0 Å². The number of nitrogens with one attached hydrogen (secondary N) is 1. The van der Waals surface area contributed by atoms with Crippen LogP contribution in [0.5, 0.6) is 0 Å². The predicted molar refractivity (Wildman–Crippen MR) is 90.6 cm³/mol. The van der Waals surface area contributed by atoms with Crippen LogP contribution < -0.4 is 5.32 Å². The van der Waals surface area contributed by atoms with E-state index >= 15 is 0 Å². The van der Waals surface area contributed by atoms with E-state index in [1.165, 1.54) is 4.31 Å². The molecule has 0 atom stereocenters. The van der Waals surface area contributed by atoms with E-state index in [-0.39, 0.29) is 10.9 Å². The third-order valence-electron chi connectivity index (χ3n) is 3.67. The Kier molecular flexibility index (Phi) is 5.33. The lowest BCUT2D eigenvalue weighted by Gasteiger charge is -2.21. The van der Waals surface area contributed by atoms with Gasteiger partial charge in [-0.25, -0.2) is 18.4 Å². The van der Waals surface area contributed by atoms with Crippen LogP contribution in [-0.4, -0.2) is 35.8 Å². The van der Waals surface area contributed by atoms with E-state index in [1.807, 2.05) is 20.8 Å². The molecule has 0 saturated carbocycles.